The van der Waals surface area contributed by atoms with Crippen LogP contribution in [0.2, 0.25) is 0 Å². The maximum Gasteiger partial charge on any atom is 0.222 e. The Morgan fingerprint density at radius 1 is 0.946 bits per heavy atom. The van der Waals surface area contributed by atoms with Gasteiger partial charge in [-0.25, -0.2) is 4.98 Å². The molecule has 4 aromatic rings. The summed E-state index contributed by atoms with van der Waals surface area (Å²) in [6.45, 7) is 10.3. The molecule has 3 heterocycles. The quantitative estimate of drug-likeness (QED) is 0.331. The van der Waals surface area contributed by atoms with E-state index >= 15 is 0 Å². The first-order chi connectivity index (χ1) is 17.9. The lowest BCUT2D eigenvalue weighted by atomic mass is 10.1. The van der Waals surface area contributed by atoms with Crippen LogP contribution in [0.5, 0.6) is 5.75 Å². The number of amides is 1. The molecular weight excluding hydrogens is 460 g/mol. The van der Waals surface area contributed by atoms with Gasteiger partial charge >= 0.3 is 0 Å². The lowest BCUT2D eigenvalue weighted by Gasteiger charge is -2.35. The number of hydrogen-bond acceptors (Lipinski definition) is 4. The van der Waals surface area contributed by atoms with Gasteiger partial charge in [0.25, 0.3) is 0 Å². The van der Waals surface area contributed by atoms with Gasteiger partial charge in [-0.1, -0.05) is 55.8 Å². The molecule has 0 unspecified atom stereocenters. The molecule has 0 N–H and O–H groups in total. The predicted molar refractivity (Wildman–Crippen MR) is 149 cm³/mol. The summed E-state index contributed by atoms with van der Waals surface area (Å²) in [5.41, 5.74) is 7.69. The molecular formula is C31H36N4O2. The molecule has 37 heavy (non-hydrogen) atoms. The molecule has 0 atom stereocenters. The van der Waals surface area contributed by atoms with Crippen LogP contribution < -0.4 is 4.74 Å². The third kappa shape index (κ3) is 5.54. The van der Waals surface area contributed by atoms with Gasteiger partial charge in [0.1, 0.15) is 11.4 Å². The summed E-state index contributed by atoms with van der Waals surface area (Å²) < 4.78 is 7.75. The first kappa shape index (κ1) is 25.0. The van der Waals surface area contributed by atoms with Crippen LogP contribution >= 0.6 is 0 Å². The lowest BCUT2D eigenvalue weighted by Crippen LogP contribution is -2.48. The number of aryl methyl sites for hydroxylation is 1. The summed E-state index contributed by atoms with van der Waals surface area (Å²) in [7, 11) is 1.69. The van der Waals surface area contributed by atoms with Crippen molar-refractivity contribution in [3.63, 3.8) is 0 Å². The van der Waals surface area contributed by atoms with E-state index in [-0.39, 0.29) is 5.91 Å². The number of rotatable bonds is 7. The lowest BCUT2D eigenvalue weighted by molar-refractivity contribution is -0.133. The van der Waals surface area contributed by atoms with Crippen molar-refractivity contribution in [3.05, 3.63) is 78.1 Å². The minimum atomic E-state index is 0.268. The highest BCUT2D eigenvalue weighted by Gasteiger charge is 2.24. The Bertz CT molecular complexity index is 1400. The molecule has 5 rings (SSSR count). The van der Waals surface area contributed by atoms with E-state index in [1.807, 2.05) is 17.0 Å². The molecule has 192 valence electrons. The fourth-order valence-corrected chi connectivity index (χ4v) is 5.09. The zero-order chi connectivity index (χ0) is 25.9. The Labute approximate surface area is 219 Å². The highest BCUT2D eigenvalue weighted by atomic mass is 16.5. The van der Waals surface area contributed by atoms with Crippen molar-refractivity contribution in [3.8, 4) is 28.1 Å². The van der Waals surface area contributed by atoms with Crippen molar-refractivity contribution < 1.29 is 9.53 Å². The second-order valence-electron chi connectivity index (χ2n) is 10.4. The van der Waals surface area contributed by atoms with Crippen LogP contribution in [-0.2, 0) is 11.3 Å². The summed E-state index contributed by atoms with van der Waals surface area (Å²) in [5, 5.41) is 0. The van der Waals surface area contributed by atoms with E-state index in [1.165, 1.54) is 11.1 Å². The van der Waals surface area contributed by atoms with E-state index in [9.17, 15) is 4.79 Å². The number of piperazine rings is 1. The van der Waals surface area contributed by atoms with E-state index in [0.29, 0.717) is 12.3 Å². The van der Waals surface area contributed by atoms with Crippen LogP contribution in [0.4, 0.5) is 0 Å². The number of carbonyl (C=O) groups excluding carboxylic acids is 1. The summed E-state index contributed by atoms with van der Waals surface area (Å²) >= 11 is 0. The van der Waals surface area contributed by atoms with E-state index in [1.54, 1.807) is 7.11 Å². The fourth-order valence-electron chi connectivity index (χ4n) is 5.09. The molecule has 1 aliphatic rings. The first-order valence-electron chi connectivity index (χ1n) is 13.1. The summed E-state index contributed by atoms with van der Waals surface area (Å²) in [6, 6.07) is 21.0. The minimum absolute atomic E-state index is 0.268. The average Bonchev–Trinajstić information content (AvgIpc) is 3.26. The minimum Gasteiger partial charge on any atom is -0.497 e. The summed E-state index contributed by atoms with van der Waals surface area (Å²) in [6.07, 6.45) is 2.83. The molecule has 2 aromatic heterocycles. The molecule has 0 bridgehead atoms. The van der Waals surface area contributed by atoms with Gasteiger partial charge < -0.3 is 14.0 Å². The van der Waals surface area contributed by atoms with Gasteiger partial charge in [-0.15, -0.1) is 0 Å². The number of aromatic nitrogens is 2. The Balaban J connectivity index is 1.49. The standard InChI is InChI=1S/C31H36N4O2/c1-22(2)17-30(36)34-15-13-33(14-16-34)21-28-31(25-9-6-10-27(19-25)37-4)32-29-12-11-26(20-35(28)29)24-8-5-7-23(3)18-24/h5-12,18-20,22H,13-17,21H2,1-4H3. The molecule has 1 aliphatic heterocycles. The maximum absolute atomic E-state index is 12.6. The number of nitrogens with zero attached hydrogens (tertiary/aromatic N) is 4. The van der Waals surface area contributed by atoms with Gasteiger partial charge in [0.2, 0.25) is 5.91 Å². The number of imidazole rings is 1. The van der Waals surface area contributed by atoms with Crippen molar-refractivity contribution >= 4 is 11.6 Å². The number of fused-ring (bicyclic) bond motifs is 1. The Morgan fingerprint density at radius 2 is 1.70 bits per heavy atom. The average molecular weight is 497 g/mol. The largest absolute Gasteiger partial charge is 0.497 e. The molecule has 2 aromatic carbocycles. The molecule has 1 saturated heterocycles. The SMILES string of the molecule is COc1cccc(-c2nc3ccc(-c4cccc(C)c4)cn3c2CN2CCN(C(=O)CC(C)C)CC2)c1. The number of ether oxygens (including phenoxy) is 1. The zero-order valence-corrected chi connectivity index (χ0v) is 22.3. The monoisotopic (exact) mass is 496 g/mol. The van der Waals surface area contributed by atoms with E-state index < -0.39 is 0 Å². The molecule has 0 spiro atoms. The number of methoxy groups -OCH3 is 1. The van der Waals surface area contributed by atoms with Gasteiger partial charge in [0.05, 0.1) is 18.5 Å². The molecule has 6 nitrogen and oxygen atoms in total. The van der Waals surface area contributed by atoms with Gasteiger partial charge in [-0.3, -0.25) is 9.69 Å². The first-order valence-corrected chi connectivity index (χ1v) is 13.1. The molecule has 6 heteroatoms. The number of carbonyl (C=O) groups is 1. The van der Waals surface area contributed by atoms with E-state index in [0.717, 1.165) is 66.6 Å². The Hall–Kier alpha value is -3.64. The number of hydrogen-bond donors (Lipinski definition) is 0. The smallest absolute Gasteiger partial charge is 0.222 e. The van der Waals surface area contributed by atoms with Crippen LogP contribution in [0, 0.1) is 12.8 Å². The fraction of sp³-hybridized carbons (Fsp3) is 0.355. The molecule has 0 radical (unpaired) electrons. The van der Waals surface area contributed by atoms with Crippen LogP contribution in [0.15, 0.2) is 66.9 Å². The molecule has 1 fully saturated rings. The van der Waals surface area contributed by atoms with Crippen molar-refractivity contribution in [1.29, 1.82) is 0 Å². The summed E-state index contributed by atoms with van der Waals surface area (Å²) in [4.78, 5) is 22.1. The van der Waals surface area contributed by atoms with Gasteiger partial charge in [-0.05, 0) is 48.2 Å². The van der Waals surface area contributed by atoms with Gasteiger partial charge in [0.15, 0.2) is 0 Å². The molecule has 0 saturated carbocycles. The second kappa shape index (κ2) is 10.8. The van der Waals surface area contributed by atoms with Crippen LogP contribution in [0.25, 0.3) is 28.0 Å². The number of benzene rings is 2. The Morgan fingerprint density at radius 3 is 2.43 bits per heavy atom. The Kier molecular flexibility index (Phi) is 7.28. The van der Waals surface area contributed by atoms with E-state index in [4.69, 9.17) is 9.72 Å². The van der Waals surface area contributed by atoms with Crippen molar-refractivity contribution in [2.45, 2.75) is 33.7 Å². The summed E-state index contributed by atoms with van der Waals surface area (Å²) in [5.74, 6) is 1.47. The predicted octanol–water partition coefficient (Wildman–Crippen LogP) is 5.68. The third-order valence-corrected chi connectivity index (χ3v) is 7.09. The topological polar surface area (TPSA) is 50.1 Å². The highest BCUT2D eigenvalue weighted by Crippen LogP contribution is 2.30. The van der Waals surface area contributed by atoms with Crippen LogP contribution in [0.1, 0.15) is 31.5 Å². The van der Waals surface area contributed by atoms with Gasteiger partial charge in [-0.2, -0.15) is 0 Å². The molecule has 1 amide bonds. The highest BCUT2D eigenvalue weighted by molar-refractivity contribution is 5.76. The maximum atomic E-state index is 12.6. The van der Waals surface area contributed by atoms with Crippen molar-refractivity contribution in [2.75, 3.05) is 33.3 Å². The molecule has 0 aliphatic carbocycles. The van der Waals surface area contributed by atoms with Crippen molar-refractivity contribution in [1.82, 2.24) is 19.2 Å². The van der Waals surface area contributed by atoms with Crippen LogP contribution in [-0.4, -0.2) is 58.4 Å². The second-order valence-corrected chi connectivity index (χ2v) is 10.4. The van der Waals surface area contributed by atoms with Crippen LogP contribution in [0.3, 0.4) is 0 Å². The normalized spacial score (nSPS) is 14.5. The zero-order valence-electron chi connectivity index (χ0n) is 22.3. The van der Waals surface area contributed by atoms with Gasteiger partial charge in [0, 0.05) is 50.9 Å². The third-order valence-electron chi connectivity index (χ3n) is 7.09. The van der Waals surface area contributed by atoms with E-state index in [2.05, 4.69) is 84.8 Å². The van der Waals surface area contributed by atoms with Crippen molar-refractivity contribution in [2.24, 2.45) is 5.92 Å². The number of pyridine rings is 1.